The third-order valence-electron chi connectivity index (χ3n) is 5.13. The maximum absolute atomic E-state index is 13.2. The largest absolute Gasteiger partial charge is 0.480 e. The molecule has 0 radical (unpaired) electrons. The molecule has 27 heavy (non-hydrogen) atoms. The van der Waals surface area contributed by atoms with E-state index in [0.717, 1.165) is 16.7 Å². The maximum Gasteiger partial charge on any atom is 0.326 e. The van der Waals surface area contributed by atoms with Crippen LogP contribution in [0.2, 0.25) is 0 Å². The normalized spacial score (nSPS) is 16.9. The number of aliphatic carboxylic acids is 1. The zero-order valence-corrected chi connectivity index (χ0v) is 15.9. The van der Waals surface area contributed by atoms with Crippen molar-refractivity contribution >= 4 is 12.0 Å². The number of carbonyl (C=O) groups excluding carboxylic acids is 1. The van der Waals surface area contributed by atoms with E-state index in [0.29, 0.717) is 13.0 Å². The number of hydrogen-bond donors (Lipinski definition) is 1. The first-order valence-corrected chi connectivity index (χ1v) is 9.13. The molecule has 142 valence electrons. The minimum atomic E-state index is -0.985. The van der Waals surface area contributed by atoms with Crippen LogP contribution in [0.1, 0.15) is 36.6 Å². The van der Waals surface area contributed by atoms with Gasteiger partial charge in [0.25, 0.3) is 0 Å². The van der Waals surface area contributed by atoms with Crippen LogP contribution in [-0.4, -0.2) is 45.0 Å². The monoisotopic (exact) mass is 367 g/mol. The van der Waals surface area contributed by atoms with Gasteiger partial charge in [0, 0.05) is 26.0 Å². The van der Waals surface area contributed by atoms with Gasteiger partial charge in [-0.15, -0.1) is 0 Å². The average Bonchev–Trinajstić information content (AvgIpc) is 3.00. The summed E-state index contributed by atoms with van der Waals surface area (Å²) in [5.74, 6) is -1.17. The zero-order chi connectivity index (χ0) is 19.6. The average molecular weight is 367 g/mol. The van der Waals surface area contributed by atoms with Gasteiger partial charge in [-0.2, -0.15) is 0 Å². The molecule has 1 aliphatic rings. The third-order valence-corrected chi connectivity index (χ3v) is 5.13. The summed E-state index contributed by atoms with van der Waals surface area (Å²) in [5.41, 5.74) is 3.25. The van der Waals surface area contributed by atoms with E-state index in [9.17, 15) is 14.7 Å². The second-order valence-corrected chi connectivity index (χ2v) is 7.33. The quantitative estimate of drug-likeness (QED) is 0.880. The van der Waals surface area contributed by atoms with E-state index in [1.807, 2.05) is 56.4 Å². The van der Waals surface area contributed by atoms with Gasteiger partial charge in [-0.25, -0.2) is 9.59 Å². The smallest absolute Gasteiger partial charge is 0.326 e. The summed E-state index contributed by atoms with van der Waals surface area (Å²) in [6, 6.07) is 10.6. The van der Waals surface area contributed by atoms with Crippen molar-refractivity contribution in [3.8, 4) is 0 Å². The molecule has 2 aromatic rings. The summed E-state index contributed by atoms with van der Waals surface area (Å²) in [6.45, 7) is 4.11. The summed E-state index contributed by atoms with van der Waals surface area (Å²) < 4.78 is 0. The lowest BCUT2D eigenvalue weighted by molar-refractivity contribution is -0.143. The lowest BCUT2D eigenvalue weighted by Crippen LogP contribution is -2.50. The number of aromatic nitrogens is 1. The number of fused-ring (bicyclic) bond motifs is 1. The highest BCUT2D eigenvalue weighted by Gasteiger charge is 2.38. The van der Waals surface area contributed by atoms with Crippen LogP contribution in [0.15, 0.2) is 48.8 Å². The first-order chi connectivity index (χ1) is 12.9. The van der Waals surface area contributed by atoms with Crippen LogP contribution >= 0.6 is 0 Å². The van der Waals surface area contributed by atoms with Gasteiger partial charge in [0.05, 0.1) is 6.04 Å². The fraction of sp³-hybridized carbons (Fsp3) is 0.381. The van der Waals surface area contributed by atoms with Gasteiger partial charge < -0.3 is 14.9 Å². The van der Waals surface area contributed by atoms with Gasteiger partial charge in [0.15, 0.2) is 0 Å². The molecule has 1 aromatic heterocycles. The van der Waals surface area contributed by atoms with Crippen molar-refractivity contribution in [1.29, 1.82) is 0 Å². The predicted molar refractivity (Wildman–Crippen MR) is 102 cm³/mol. The molecular weight excluding hydrogens is 342 g/mol. The Morgan fingerprint density at radius 1 is 1.26 bits per heavy atom. The number of pyridine rings is 1. The highest BCUT2D eigenvalue weighted by Crippen LogP contribution is 2.37. The van der Waals surface area contributed by atoms with E-state index in [4.69, 9.17) is 0 Å². The molecule has 0 fully saturated rings. The lowest BCUT2D eigenvalue weighted by Gasteiger charge is -2.34. The maximum atomic E-state index is 13.2. The molecule has 2 heterocycles. The number of hydrogen-bond acceptors (Lipinski definition) is 3. The van der Waals surface area contributed by atoms with Crippen molar-refractivity contribution in [3.63, 3.8) is 0 Å². The Kier molecular flexibility index (Phi) is 5.44. The Bertz CT molecular complexity index is 822. The fourth-order valence-electron chi connectivity index (χ4n) is 3.85. The second-order valence-electron chi connectivity index (χ2n) is 7.33. The molecule has 0 bridgehead atoms. The summed E-state index contributed by atoms with van der Waals surface area (Å²) in [7, 11) is 1.57. The lowest BCUT2D eigenvalue weighted by atomic mass is 9.99. The SMILES string of the molecule is CC(C)[C@@H](C(=O)O)N(C)C(=O)N1Cc2ccccc2C1Cc1cccnc1. The van der Waals surface area contributed by atoms with E-state index in [-0.39, 0.29) is 18.0 Å². The molecular formula is C21H25N3O3. The molecule has 1 unspecified atom stereocenters. The molecule has 2 amide bonds. The van der Waals surface area contributed by atoms with E-state index >= 15 is 0 Å². The minimum absolute atomic E-state index is 0.137. The number of carbonyl (C=O) groups is 2. The molecule has 1 aliphatic heterocycles. The van der Waals surface area contributed by atoms with Gasteiger partial charge in [-0.1, -0.05) is 44.2 Å². The van der Waals surface area contributed by atoms with Crippen LogP contribution in [-0.2, 0) is 17.8 Å². The van der Waals surface area contributed by atoms with Crippen molar-refractivity contribution in [2.75, 3.05) is 7.05 Å². The van der Waals surface area contributed by atoms with Crippen LogP contribution in [0.5, 0.6) is 0 Å². The fourth-order valence-corrected chi connectivity index (χ4v) is 3.85. The van der Waals surface area contributed by atoms with Crippen LogP contribution in [0.3, 0.4) is 0 Å². The molecule has 6 nitrogen and oxygen atoms in total. The van der Waals surface area contributed by atoms with Crippen LogP contribution in [0.25, 0.3) is 0 Å². The Morgan fingerprint density at radius 2 is 2.00 bits per heavy atom. The van der Waals surface area contributed by atoms with Crippen molar-refractivity contribution in [1.82, 2.24) is 14.8 Å². The topological polar surface area (TPSA) is 73.7 Å². The van der Waals surface area contributed by atoms with Crippen molar-refractivity contribution in [3.05, 3.63) is 65.5 Å². The Labute approximate surface area is 159 Å². The minimum Gasteiger partial charge on any atom is -0.480 e. The Balaban J connectivity index is 1.91. The van der Waals surface area contributed by atoms with Gasteiger partial charge in [0.1, 0.15) is 6.04 Å². The number of benzene rings is 1. The second kappa shape index (κ2) is 7.78. The first-order valence-electron chi connectivity index (χ1n) is 9.13. The van der Waals surface area contributed by atoms with Gasteiger partial charge in [-0.05, 0) is 35.1 Å². The molecule has 1 aromatic carbocycles. The summed E-state index contributed by atoms with van der Waals surface area (Å²) in [5, 5.41) is 9.56. The van der Waals surface area contributed by atoms with E-state index in [1.165, 1.54) is 4.90 Å². The number of urea groups is 1. The molecule has 6 heteroatoms. The third kappa shape index (κ3) is 3.79. The van der Waals surface area contributed by atoms with Gasteiger partial charge >= 0.3 is 12.0 Å². The molecule has 0 spiro atoms. The number of rotatable bonds is 5. The summed E-state index contributed by atoms with van der Waals surface area (Å²) in [6.07, 6.45) is 4.17. The van der Waals surface area contributed by atoms with Gasteiger partial charge in [0.2, 0.25) is 0 Å². The predicted octanol–water partition coefficient (Wildman–Crippen LogP) is 3.34. The summed E-state index contributed by atoms with van der Waals surface area (Å²) in [4.78, 5) is 32.2. The Morgan fingerprint density at radius 3 is 2.63 bits per heavy atom. The number of carboxylic acids is 1. The highest BCUT2D eigenvalue weighted by molar-refractivity contribution is 5.83. The zero-order valence-electron chi connectivity index (χ0n) is 15.9. The van der Waals surface area contributed by atoms with Crippen molar-refractivity contribution in [2.24, 2.45) is 5.92 Å². The number of nitrogens with zero attached hydrogens (tertiary/aromatic N) is 3. The summed E-state index contributed by atoms with van der Waals surface area (Å²) >= 11 is 0. The van der Waals surface area contributed by atoms with Crippen molar-refractivity contribution in [2.45, 2.75) is 38.9 Å². The van der Waals surface area contributed by atoms with Crippen LogP contribution < -0.4 is 0 Å². The molecule has 0 saturated heterocycles. The van der Waals surface area contributed by atoms with Crippen LogP contribution in [0.4, 0.5) is 4.79 Å². The number of amides is 2. The molecule has 1 N–H and O–H groups in total. The van der Waals surface area contributed by atoms with Crippen LogP contribution in [0, 0.1) is 5.92 Å². The highest BCUT2D eigenvalue weighted by atomic mass is 16.4. The standard InChI is InChI=1S/C21H25N3O3/c1-14(2)19(20(25)26)23(3)21(27)24-13-16-8-4-5-9-17(16)18(24)11-15-7-6-10-22-12-15/h4-10,12,14,18-19H,11,13H2,1-3H3,(H,25,26)/t18?,19-/m0/s1. The molecule has 2 atom stereocenters. The Hall–Kier alpha value is -2.89. The molecule has 0 aliphatic carbocycles. The van der Waals surface area contributed by atoms with E-state index in [2.05, 4.69) is 4.98 Å². The first kappa shape index (κ1) is 18.9. The van der Waals surface area contributed by atoms with Gasteiger partial charge in [-0.3, -0.25) is 4.98 Å². The van der Waals surface area contributed by atoms with E-state index in [1.54, 1.807) is 18.1 Å². The van der Waals surface area contributed by atoms with Crippen molar-refractivity contribution < 1.29 is 14.7 Å². The van der Waals surface area contributed by atoms with E-state index < -0.39 is 12.0 Å². The molecule has 3 rings (SSSR count). The molecule has 0 saturated carbocycles. The number of likely N-dealkylation sites (N-methyl/N-ethyl adjacent to an activating group) is 1. The number of carboxylic acid groups (broad SMARTS) is 1.